The summed E-state index contributed by atoms with van der Waals surface area (Å²) in [6.07, 6.45) is 0.909. The van der Waals surface area contributed by atoms with E-state index in [-0.39, 0.29) is 11.9 Å². The van der Waals surface area contributed by atoms with Crippen molar-refractivity contribution in [3.63, 3.8) is 0 Å². The van der Waals surface area contributed by atoms with E-state index in [9.17, 15) is 14.3 Å². The molecule has 1 aliphatic heterocycles. The number of rotatable bonds is 3. The minimum absolute atomic E-state index is 0.109. The van der Waals surface area contributed by atoms with Gasteiger partial charge in [0, 0.05) is 23.7 Å². The Kier molecular flexibility index (Phi) is 4.09. The number of phenols is 1. The van der Waals surface area contributed by atoms with E-state index in [0.29, 0.717) is 24.4 Å². The molecule has 3 heterocycles. The van der Waals surface area contributed by atoms with Gasteiger partial charge in [-0.25, -0.2) is 9.37 Å². The van der Waals surface area contributed by atoms with Gasteiger partial charge in [0.2, 0.25) is 5.91 Å². The highest BCUT2D eigenvalue weighted by Crippen LogP contribution is 2.38. The summed E-state index contributed by atoms with van der Waals surface area (Å²) in [5.41, 5.74) is 4.73. The van der Waals surface area contributed by atoms with Crippen LogP contribution in [-0.4, -0.2) is 26.1 Å². The molecule has 0 saturated carbocycles. The molecule has 1 aliphatic rings. The van der Waals surface area contributed by atoms with E-state index in [1.54, 1.807) is 0 Å². The number of halogens is 1. The topological polar surface area (TPSA) is 95.2 Å². The lowest BCUT2D eigenvalue weighted by molar-refractivity contribution is -0.117. The van der Waals surface area contributed by atoms with Gasteiger partial charge in [-0.2, -0.15) is 0 Å². The summed E-state index contributed by atoms with van der Waals surface area (Å²) in [4.78, 5) is 22.1. The quantitative estimate of drug-likeness (QED) is 0.521. The van der Waals surface area contributed by atoms with Crippen LogP contribution in [-0.2, 0) is 4.79 Å². The number of hydrogen-bond acceptors (Lipinski definition) is 5. The number of fused-ring (bicyclic) bond motifs is 1. The summed E-state index contributed by atoms with van der Waals surface area (Å²) in [6, 6.07) is 9.49. The first-order valence-electron chi connectivity index (χ1n) is 9.66. The minimum Gasteiger partial charge on any atom is -0.505 e. The molecule has 1 fully saturated rings. The predicted octanol–water partition coefficient (Wildman–Crippen LogP) is 4.55. The summed E-state index contributed by atoms with van der Waals surface area (Å²) in [5.74, 6) is 0.0629. The molecule has 1 atom stereocenters. The van der Waals surface area contributed by atoms with Gasteiger partial charge in [-0.05, 0) is 50.1 Å². The molecule has 0 radical (unpaired) electrons. The smallest absolute Gasteiger partial charge is 0.227 e. The van der Waals surface area contributed by atoms with Crippen molar-refractivity contribution >= 4 is 22.6 Å². The third-order valence-electron chi connectivity index (χ3n) is 5.56. The van der Waals surface area contributed by atoms with Crippen molar-refractivity contribution in [2.45, 2.75) is 32.7 Å². The van der Waals surface area contributed by atoms with Crippen molar-refractivity contribution in [2.75, 3.05) is 4.90 Å². The highest BCUT2D eigenvalue weighted by atomic mass is 19.1. The Labute approximate surface area is 171 Å². The number of phenolic OH excluding ortho intramolecular Hbond substituents is 1. The summed E-state index contributed by atoms with van der Waals surface area (Å²) in [7, 11) is 0. The standard InChI is InChI=1S/C22H19FN4O3/c1-11-21(12(2)30-26-11)13-3-5-16-17(9-13)25-22(24-16)18-6-8-20(29)27(18)14-4-7-19(28)15(23)10-14/h3-5,7,9-10,18,28H,6,8H2,1-2H3,(H,24,25)/t18-/m0/s1. The number of carbonyl (C=O) groups is 1. The van der Waals surface area contributed by atoms with E-state index in [1.807, 2.05) is 32.0 Å². The van der Waals surface area contributed by atoms with Crippen LogP contribution in [0.4, 0.5) is 10.1 Å². The molecule has 1 saturated heterocycles. The lowest BCUT2D eigenvalue weighted by atomic mass is 10.0. The van der Waals surface area contributed by atoms with Crippen molar-refractivity contribution in [1.82, 2.24) is 15.1 Å². The van der Waals surface area contributed by atoms with Crippen molar-refractivity contribution in [3.8, 4) is 16.9 Å². The van der Waals surface area contributed by atoms with Gasteiger partial charge in [-0.1, -0.05) is 11.2 Å². The van der Waals surface area contributed by atoms with Crippen LogP contribution in [0.2, 0.25) is 0 Å². The van der Waals surface area contributed by atoms with Crippen molar-refractivity contribution in [2.24, 2.45) is 0 Å². The third-order valence-corrected chi connectivity index (χ3v) is 5.56. The van der Waals surface area contributed by atoms with E-state index in [1.165, 1.54) is 23.1 Å². The maximum Gasteiger partial charge on any atom is 0.227 e. The number of aryl methyl sites for hydroxylation is 2. The number of hydrogen-bond donors (Lipinski definition) is 2. The zero-order chi connectivity index (χ0) is 21.0. The van der Waals surface area contributed by atoms with E-state index < -0.39 is 11.6 Å². The molecule has 7 nitrogen and oxygen atoms in total. The van der Waals surface area contributed by atoms with Crippen LogP contribution in [0.15, 0.2) is 40.9 Å². The highest BCUT2D eigenvalue weighted by Gasteiger charge is 2.35. The third kappa shape index (κ3) is 2.83. The van der Waals surface area contributed by atoms with E-state index >= 15 is 0 Å². The molecular weight excluding hydrogens is 387 g/mol. The Hall–Kier alpha value is -3.68. The van der Waals surface area contributed by atoms with E-state index in [0.717, 1.165) is 33.6 Å². The maximum atomic E-state index is 13.9. The average molecular weight is 406 g/mol. The van der Waals surface area contributed by atoms with Crippen LogP contribution < -0.4 is 4.90 Å². The van der Waals surface area contributed by atoms with Gasteiger partial charge in [-0.15, -0.1) is 0 Å². The second-order valence-electron chi connectivity index (χ2n) is 7.51. The zero-order valence-corrected chi connectivity index (χ0v) is 16.4. The monoisotopic (exact) mass is 406 g/mol. The molecule has 152 valence electrons. The Morgan fingerprint density at radius 1 is 1.23 bits per heavy atom. The lowest BCUT2D eigenvalue weighted by Crippen LogP contribution is -2.28. The highest BCUT2D eigenvalue weighted by molar-refractivity contribution is 5.96. The van der Waals surface area contributed by atoms with Gasteiger partial charge in [-0.3, -0.25) is 4.79 Å². The Morgan fingerprint density at radius 2 is 2.07 bits per heavy atom. The molecule has 5 rings (SSSR count). The molecule has 0 bridgehead atoms. The molecule has 30 heavy (non-hydrogen) atoms. The zero-order valence-electron chi connectivity index (χ0n) is 16.4. The van der Waals surface area contributed by atoms with Crippen LogP contribution in [0.1, 0.15) is 36.2 Å². The number of nitrogens with one attached hydrogen (secondary N) is 1. The summed E-state index contributed by atoms with van der Waals surface area (Å²) < 4.78 is 19.1. The van der Waals surface area contributed by atoms with Crippen LogP contribution in [0.25, 0.3) is 22.2 Å². The predicted molar refractivity (Wildman–Crippen MR) is 109 cm³/mol. The maximum absolute atomic E-state index is 13.9. The molecule has 0 aliphatic carbocycles. The fourth-order valence-corrected chi connectivity index (χ4v) is 4.15. The average Bonchev–Trinajstić information content (AvgIpc) is 3.40. The van der Waals surface area contributed by atoms with Gasteiger partial charge in [0.05, 0.1) is 22.8 Å². The second kappa shape index (κ2) is 6.69. The van der Waals surface area contributed by atoms with E-state index in [2.05, 4.69) is 15.1 Å². The Bertz CT molecular complexity index is 1270. The lowest BCUT2D eigenvalue weighted by Gasteiger charge is -2.23. The van der Waals surface area contributed by atoms with Crippen molar-refractivity contribution in [1.29, 1.82) is 0 Å². The minimum atomic E-state index is -0.764. The fraction of sp³-hybridized carbons (Fsp3) is 0.227. The number of benzene rings is 2. The van der Waals surface area contributed by atoms with Crippen LogP contribution in [0.5, 0.6) is 5.75 Å². The molecule has 0 spiro atoms. The second-order valence-corrected chi connectivity index (χ2v) is 7.51. The van der Waals surface area contributed by atoms with Crippen LogP contribution >= 0.6 is 0 Å². The number of H-pyrrole nitrogens is 1. The number of aromatic amines is 1. The first-order chi connectivity index (χ1) is 14.4. The molecule has 4 aromatic rings. The van der Waals surface area contributed by atoms with Gasteiger partial charge in [0.15, 0.2) is 11.6 Å². The largest absolute Gasteiger partial charge is 0.505 e. The molecule has 2 aromatic heterocycles. The summed E-state index contributed by atoms with van der Waals surface area (Å²) in [5, 5.41) is 13.5. The Balaban J connectivity index is 1.55. The van der Waals surface area contributed by atoms with Gasteiger partial charge < -0.3 is 19.5 Å². The molecule has 8 heteroatoms. The number of nitrogens with zero attached hydrogens (tertiary/aromatic N) is 3. The fourth-order valence-electron chi connectivity index (χ4n) is 4.15. The number of aromatic hydroxyl groups is 1. The van der Waals surface area contributed by atoms with Crippen molar-refractivity contribution < 1.29 is 18.8 Å². The van der Waals surface area contributed by atoms with Gasteiger partial charge in [0.25, 0.3) is 0 Å². The van der Waals surface area contributed by atoms with Gasteiger partial charge >= 0.3 is 0 Å². The Morgan fingerprint density at radius 3 is 2.80 bits per heavy atom. The van der Waals surface area contributed by atoms with Crippen molar-refractivity contribution in [3.05, 3.63) is 59.5 Å². The molecule has 1 amide bonds. The van der Waals surface area contributed by atoms with Crippen LogP contribution in [0, 0.1) is 19.7 Å². The van der Waals surface area contributed by atoms with Gasteiger partial charge in [0.1, 0.15) is 11.6 Å². The number of imidazole rings is 1. The molecular formula is C22H19FN4O3. The normalized spacial score (nSPS) is 16.7. The SMILES string of the molecule is Cc1noc(C)c1-c1ccc2nc([C@@H]3CCC(=O)N3c3ccc(O)c(F)c3)[nH]c2c1. The molecule has 2 aromatic carbocycles. The number of amides is 1. The summed E-state index contributed by atoms with van der Waals surface area (Å²) in [6.45, 7) is 3.77. The van der Waals surface area contributed by atoms with Crippen LogP contribution in [0.3, 0.4) is 0 Å². The first-order valence-corrected chi connectivity index (χ1v) is 9.66. The first kappa shape index (κ1) is 18.4. The number of aromatic nitrogens is 3. The number of anilines is 1. The summed E-state index contributed by atoms with van der Waals surface area (Å²) >= 11 is 0. The molecule has 2 N–H and O–H groups in total. The molecule has 0 unspecified atom stereocenters. The van der Waals surface area contributed by atoms with E-state index in [4.69, 9.17) is 4.52 Å². The number of carbonyl (C=O) groups excluding carboxylic acids is 1.